The van der Waals surface area contributed by atoms with Gasteiger partial charge in [-0.3, -0.25) is 0 Å². The minimum Gasteiger partial charge on any atom is -0.390 e. The van der Waals surface area contributed by atoms with Crippen LogP contribution >= 0.6 is 8.25 Å². The molecule has 0 N–H and O–H groups in total. The van der Waals surface area contributed by atoms with Crippen molar-refractivity contribution in [2.24, 2.45) is 0 Å². The van der Waals surface area contributed by atoms with Crippen LogP contribution in [0.4, 0.5) is 0 Å². The summed E-state index contributed by atoms with van der Waals surface area (Å²) in [6.07, 6.45) is 0.932. The number of carbonyl (C=O) groups excluding carboxylic acids is 1. The summed E-state index contributed by atoms with van der Waals surface area (Å²) in [6, 6.07) is 0. The third kappa shape index (κ3) is 4.30. The monoisotopic (exact) mass is 164 g/mol. The molecule has 0 fully saturated rings. The van der Waals surface area contributed by atoms with E-state index in [0.717, 1.165) is 6.08 Å². The maximum atomic E-state index is 10.5. The van der Waals surface area contributed by atoms with Gasteiger partial charge in [0.25, 0.3) is 0 Å². The third-order valence-electron chi connectivity index (χ3n) is 0.613. The van der Waals surface area contributed by atoms with E-state index in [0.29, 0.717) is 0 Å². The lowest BCUT2D eigenvalue weighted by Gasteiger charge is -1.99. The molecule has 0 amide bonds. The lowest BCUT2D eigenvalue weighted by Crippen LogP contribution is -1.92. The highest BCUT2D eigenvalue weighted by Crippen LogP contribution is 2.22. The van der Waals surface area contributed by atoms with Crippen molar-refractivity contribution in [1.82, 2.24) is 0 Å². The normalized spacial score (nSPS) is 12.1. The molecule has 0 aromatic rings. The minimum atomic E-state index is -2.62. The molecule has 1 unspecified atom stereocenters. The molecular formula is C5H9O4P. The third-order valence-corrected chi connectivity index (χ3v) is 1.51. The summed E-state index contributed by atoms with van der Waals surface area (Å²) >= 11 is 0. The zero-order valence-electron chi connectivity index (χ0n) is 5.62. The van der Waals surface area contributed by atoms with Gasteiger partial charge in [-0.05, 0) is 6.92 Å². The van der Waals surface area contributed by atoms with Crippen LogP contribution in [-0.2, 0) is 18.4 Å². The Bertz CT molecular complexity index is 154. The summed E-state index contributed by atoms with van der Waals surface area (Å²) in [6.45, 7) is 5.04. The van der Waals surface area contributed by atoms with E-state index in [9.17, 15) is 9.36 Å². The number of hydrogen-bond donors (Lipinski definition) is 0. The molecule has 0 bridgehead atoms. The fourth-order valence-corrected chi connectivity index (χ4v) is 0.813. The molecule has 0 radical (unpaired) electrons. The van der Waals surface area contributed by atoms with Crippen molar-refractivity contribution in [1.29, 1.82) is 0 Å². The lowest BCUT2D eigenvalue weighted by atomic mass is 10.7. The zero-order valence-corrected chi connectivity index (χ0v) is 6.62. The van der Waals surface area contributed by atoms with Gasteiger partial charge in [0, 0.05) is 6.08 Å². The Labute approximate surface area is 59.8 Å². The largest absolute Gasteiger partial charge is 0.390 e. The summed E-state index contributed by atoms with van der Waals surface area (Å²) in [4.78, 5) is 10.3. The van der Waals surface area contributed by atoms with Gasteiger partial charge < -0.3 is 9.05 Å². The van der Waals surface area contributed by atoms with Crippen LogP contribution in [0.1, 0.15) is 6.92 Å². The Morgan fingerprint density at radius 1 is 1.80 bits per heavy atom. The maximum absolute atomic E-state index is 10.5. The molecular weight excluding hydrogens is 155 g/mol. The maximum Gasteiger partial charge on any atom is 0.370 e. The Morgan fingerprint density at radius 2 is 2.40 bits per heavy atom. The molecule has 0 rings (SSSR count). The average molecular weight is 164 g/mol. The van der Waals surface area contributed by atoms with E-state index in [1.807, 2.05) is 0 Å². The first kappa shape index (κ1) is 9.40. The highest BCUT2D eigenvalue weighted by molar-refractivity contribution is 7.34. The molecule has 0 spiro atoms. The van der Waals surface area contributed by atoms with E-state index < -0.39 is 14.2 Å². The standard InChI is InChI=1S/C5H9O4P/c1-3-5(6)9-10(7)8-4-2/h3,10H,1,4H2,2H3. The van der Waals surface area contributed by atoms with Crippen LogP contribution in [0, 0.1) is 0 Å². The van der Waals surface area contributed by atoms with Crippen molar-refractivity contribution >= 4 is 14.2 Å². The average Bonchev–Trinajstić information content (AvgIpc) is 1.88. The van der Waals surface area contributed by atoms with Gasteiger partial charge in [0.1, 0.15) is 0 Å². The minimum absolute atomic E-state index is 0.266. The van der Waals surface area contributed by atoms with Gasteiger partial charge in [-0.1, -0.05) is 6.58 Å². The molecule has 0 heterocycles. The Balaban J connectivity index is 3.57. The van der Waals surface area contributed by atoms with E-state index in [1.165, 1.54) is 0 Å². The topological polar surface area (TPSA) is 52.6 Å². The van der Waals surface area contributed by atoms with Crippen molar-refractivity contribution in [3.05, 3.63) is 12.7 Å². The molecule has 0 saturated heterocycles. The van der Waals surface area contributed by atoms with Crippen LogP contribution in [-0.4, -0.2) is 12.6 Å². The predicted molar refractivity (Wildman–Crippen MR) is 36.9 cm³/mol. The van der Waals surface area contributed by atoms with Crippen LogP contribution in [0.25, 0.3) is 0 Å². The van der Waals surface area contributed by atoms with Gasteiger partial charge in [-0.15, -0.1) is 0 Å². The molecule has 0 aliphatic heterocycles. The summed E-state index contributed by atoms with van der Waals surface area (Å²) in [5.74, 6) is -0.725. The zero-order chi connectivity index (χ0) is 7.98. The van der Waals surface area contributed by atoms with Crippen LogP contribution < -0.4 is 0 Å². The Morgan fingerprint density at radius 3 is 2.80 bits per heavy atom. The SMILES string of the molecule is C=CC(=O)O[PH](=O)OCC. The fourth-order valence-electron chi connectivity index (χ4n) is 0.271. The van der Waals surface area contributed by atoms with Gasteiger partial charge in [0.05, 0.1) is 6.61 Å². The van der Waals surface area contributed by atoms with Gasteiger partial charge in [-0.2, -0.15) is 0 Å². The second-order valence-electron chi connectivity index (χ2n) is 1.31. The first-order chi connectivity index (χ1) is 4.70. The highest BCUT2D eigenvalue weighted by atomic mass is 31.1. The molecule has 5 heteroatoms. The summed E-state index contributed by atoms with van der Waals surface area (Å²) in [5, 5.41) is 0. The summed E-state index contributed by atoms with van der Waals surface area (Å²) < 4.78 is 19.2. The molecule has 0 saturated carbocycles. The number of hydrogen-bond acceptors (Lipinski definition) is 4. The highest BCUT2D eigenvalue weighted by Gasteiger charge is 2.01. The van der Waals surface area contributed by atoms with E-state index in [2.05, 4.69) is 15.6 Å². The predicted octanol–water partition coefficient (Wildman–Crippen LogP) is 1.14. The first-order valence-electron chi connectivity index (χ1n) is 2.71. The Kier molecular flexibility index (Phi) is 4.89. The first-order valence-corrected chi connectivity index (χ1v) is 3.94. The molecule has 0 aromatic carbocycles. The number of rotatable bonds is 4. The van der Waals surface area contributed by atoms with Crippen LogP contribution in [0.3, 0.4) is 0 Å². The fraction of sp³-hybridized carbons (Fsp3) is 0.400. The van der Waals surface area contributed by atoms with E-state index in [1.54, 1.807) is 6.92 Å². The van der Waals surface area contributed by atoms with Crippen molar-refractivity contribution in [3.8, 4) is 0 Å². The second kappa shape index (κ2) is 5.21. The molecule has 0 aliphatic rings. The van der Waals surface area contributed by atoms with E-state index in [4.69, 9.17) is 0 Å². The Hall–Kier alpha value is -0.600. The van der Waals surface area contributed by atoms with Crippen molar-refractivity contribution in [2.45, 2.75) is 6.92 Å². The second-order valence-corrected chi connectivity index (χ2v) is 2.30. The molecule has 10 heavy (non-hydrogen) atoms. The van der Waals surface area contributed by atoms with Gasteiger partial charge >= 0.3 is 14.2 Å². The lowest BCUT2D eigenvalue weighted by molar-refractivity contribution is -0.129. The van der Waals surface area contributed by atoms with Crippen molar-refractivity contribution in [3.63, 3.8) is 0 Å². The smallest absolute Gasteiger partial charge is 0.370 e. The molecule has 4 nitrogen and oxygen atoms in total. The molecule has 0 aromatic heterocycles. The molecule has 1 atom stereocenters. The van der Waals surface area contributed by atoms with E-state index in [-0.39, 0.29) is 6.61 Å². The van der Waals surface area contributed by atoms with Crippen molar-refractivity contribution in [2.75, 3.05) is 6.61 Å². The van der Waals surface area contributed by atoms with Gasteiger partial charge in [0.15, 0.2) is 0 Å². The van der Waals surface area contributed by atoms with E-state index >= 15 is 0 Å². The molecule has 0 aliphatic carbocycles. The van der Waals surface area contributed by atoms with Gasteiger partial charge in [-0.25, -0.2) is 9.36 Å². The van der Waals surface area contributed by atoms with Crippen LogP contribution in [0.15, 0.2) is 12.7 Å². The molecule has 58 valence electrons. The van der Waals surface area contributed by atoms with Crippen molar-refractivity contribution < 1.29 is 18.4 Å². The quantitative estimate of drug-likeness (QED) is 0.461. The summed E-state index contributed by atoms with van der Waals surface area (Å²) in [7, 11) is -2.62. The number of carbonyl (C=O) groups is 1. The van der Waals surface area contributed by atoms with Gasteiger partial charge in [0.2, 0.25) is 0 Å². The summed E-state index contributed by atoms with van der Waals surface area (Å²) in [5.41, 5.74) is 0. The van der Waals surface area contributed by atoms with Crippen LogP contribution in [0.5, 0.6) is 0 Å². The van der Waals surface area contributed by atoms with Crippen LogP contribution in [0.2, 0.25) is 0 Å².